The summed E-state index contributed by atoms with van der Waals surface area (Å²) in [4.78, 5) is 10.2. The van der Waals surface area contributed by atoms with E-state index >= 15 is 0 Å². The molecule has 9 rings (SSSR count). The van der Waals surface area contributed by atoms with Gasteiger partial charge in [-0.3, -0.25) is 4.98 Å². The van der Waals surface area contributed by atoms with Gasteiger partial charge in [-0.15, -0.1) is 11.3 Å². The van der Waals surface area contributed by atoms with Crippen LogP contribution in [0.2, 0.25) is 0 Å². The molecule has 0 fully saturated rings. The van der Waals surface area contributed by atoms with Crippen molar-refractivity contribution in [3.63, 3.8) is 0 Å². The minimum Gasteiger partial charge on any atom is -0.473 e. The quantitative estimate of drug-likeness (QED) is 0.164. The fraction of sp³-hybridized carbons (Fsp3) is 0.514. The third-order valence-electron chi connectivity index (χ3n) is 4.89. The first-order valence-electron chi connectivity index (χ1n) is 27.4. The monoisotopic (exact) mass is 1140 g/mol. The number of benzene rings is 2. The predicted octanol–water partition coefficient (Wildman–Crippen LogP) is 25.0. The normalized spacial score (nSPS) is 10.7. The lowest BCUT2D eigenvalue weighted by Gasteiger charge is -2.05. The second-order valence-electron chi connectivity index (χ2n) is 29.0. The maximum Gasteiger partial charge on any atom is 0.231 e. The van der Waals surface area contributed by atoms with Gasteiger partial charge in [-0.25, -0.2) is 4.98 Å². The highest BCUT2D eigenvalue weighted by Gasteiger charge is 2.09. The van der Waals surface area contributed by atoms with E-state index in [9.17, 15) is 0 Å². The summed E-state index contributed by atoms with van der Waals surface area (Å²) >= 11 is 5.21. The zero-order valence-corrected chi connectivity index (χ0v) is 57.8. The van der Waals surface area contributed by atoms with Gasteiger partial charge in [0.2, 0.25) is 6.79 Å². The molecule has 0 saturated heterocycles. The van der Waals surface area contributed by atoms with Gasteiger partial charge in [-0.1, -0.05) is 255 Å². The van der Waals surface area contributed by atoms with Crippen molar-refractivity contribution in [2.45, 2.75) is 194 Å². The smallest absolute Gasteiger partial charge is 0.231 e. The predicted molar refractivity (Wildman–Crippen MR) is 360 cm³/mol. The molecule has 0 atom stereocenters. The summed E-state index contributed by atoms with van der Waals surface area (Å²) in [6.45, 7) is 61.6. The molecular formula is C70H117N3O3S3. The van der Waals surface area contributed by atoms with Crippen molar-refractivity contribution in [1.82, 2.24) is 15.0 Å². The molecular weight excluding hydrogens is 1030 g/mol. The Morgan fingerprint density at radius 1 is 0.354 bits per heavy atom. The first kappa shape index (κ1) is 82.9. The second kappa shape index (κ2) is 47.8. The first-order valence-corrected chi connectivity index (χ1v) is 30.2. The summed E-state index contributed by atoms with van der Waals surface area (Å²) in [5.74, 6) is 1.69. The number of fused-ring (bicyclic) bond motifs is 2. The SMILES string of the molecule is CC(C)(C)C.CC(C)(C)C.CC(C)(C)C.CC(C)(C)C.CC(C)(C)C.CC(C)(C)C.CC(C)(C)C.c1c[nH]cn1.c1ccc2c(c1)OCO2.c1ccc2sccc2c1.c1ccncc1.c1ccoc1.c1ccsc1.c1ccsc1. The number of furan rings is 1. The highest BCUT2D eigenvalue weighted by Crippen LogP contribution is 2.30. The van der Waals surface area contributed by atoms with Crippen LogP contribution in [0.1, 0.15) is 194 Å². The van der Waals surface area contributed by atoms with Crippen molar-refractivity contribution in [2.75, 3.05) is 6.79 Å². The molecule has 1 N–H and O–H groups in total. The van der Waals surface area contributed by atoms with Crippen LogP contribution < -0.4 is 9.47 Å². The van der Waals surface area contributed by atoms with Gasteiger partial charge in [-0.05, 0) is 119 Å². The zero-order valence-electron chi connectivity index (χ0n) is 55.4. The average Bonchev–Trinajstić information content (AvgIpc) is 4.14. The van der Waals surface area contributed by atoms with E-state index < -0.39 is 0 Å². The molecule has 0 saturated carbocycles. The summed E-state index contributed by atoms with van der Waals surface area (Å²) in [6.07, 6.45) is 11.8. The maximum atomic E-state index is 5.08. The highest BCUT2D eigenvalue weighted by atomic mass is 32.1. The van der Waals surface area contributed by atoms with Crippen LogP contribution in [0.3, 0.4) is 0 Å². The number of para-hydroxylation sites is 2. The first-order chi connectivity index (χ1) is 35.9. The van der Waals surface area contributed by atoms with Gasteiger partial charge >= 0.3 is 0 Å². The van der Waals surface area contributed by atoms with Crippen LogP contribution in [0.5, 0.6) is 11.5 Å². The van der Waals surface area contributed by atoms with Gasteiger partial charge in [0, 0.05) is 29.5 Å². The summed E-state index contributed by atoms with van der Waals surface area (Å²) < 4.78 is 16.1. The molecule has 0 radical (unpaired) electrons. The fourth-order valence-electron chi connectivity index (χ4n) is 2.96. The third-order valence-corrected chi connectivity index (χ3v) is 7.04. The van der Waals surface area contributed by atoms with Gasteiger partial charge in [-0.2, -0.15) is 22.7 Å². The largest absolute Gasteiger partial charge is 0.473 e. The number of H-pyrrole nitrogens is 1. The highest BCUT2D eigenvalue weighted by molar-refractivity contribution is 7.17. The van der Waals surface area contributed by atoms with Gasteiger partial charge in [0.25, 0.3) is 0 Å². The number of aromatic amines is 1. The standard InChI is InChI=1S/C8H6S.C7H6O2.C5H5N.7C5H12.C4H4O.2C4H4S.C3H4N2/c1-2-4-8-7(3-1)5-6-9-8;1-2-4-7-6(3-1)8-5-9-7;1-2-4-6-5-3-1;7*1-5(2,3)4;3*1-2-4-5-3-1;1-2-5-3-4-1/h1-6H;1-4H,5H2;1-5H;7*1-4H3;3*1-4H;1-3H,(H,4,5). The van der Waals surface area contributed by atoms with E-state index in [2.05, 4.69) is 249 Å². The van der Waals surface area contributed by atoms with Crippen LogP contribution in [0, 0.1) is 37.9 Å². The molecule has 448 valence electrons. The molecule has 7 heterocycles. The molecule has 2 aromatic carbocycles. The van der Waals surface area contributed by atoms with Gasteiger partial charge in [0.15, 0.2) is 11.5 Å². The van der Waals surface area contributed by atoms with E-state index in [0.717, 1.165) is 11.5 Å². The fourth-order valence-corrected chi connectivity index (χ4v) is 4.66. The second-order valence-corrected chi connectivity index (χ2v) is 31.6. The molecule has 8 aromatic rings. The number of rotatable bonds is 0. The van der Waals surface area contributed by atoms with E-state index in [1.807, 2.05) is 100 Å². The molecule has 1 aliphatic rings. The van der Waals surface area contributed by atoms with Crippen LogP contribution in [-0.2, 0) is 0 Å². The number of aromatic nitrogens is 3. The lowest BCUT2D eigenvalue weighted by atomic mass is 10.0. The van der Waals surface area contributed by atoms with Gasteiger partial charge < -0.3 is 18.9 Å². The van der Waals surface area contributed by atoms with Crippen LogP contribution in [0.25, 0.3) is 10.1 Å². The Balaban J connectivity index is -0.000000251. The molecule has 0 aliphatic carbocycles. The van der Waals surface area contributed by atoms with Crippen molar-refractivity contribution in [2.24, 2.45) is 37.9 Å². The van der Waals surface area contributed by atoms with Crippen LogP contribution >= 0.6 is 34.0 Å². The maximum absolute atomic E-state index is 5.08. The van der Waals surface area contributed by atoms with E-state index in [4.69, 9.17) is 9.47 Å². The van der Waals surface area contributed by atoms with E-state index in [-0.39, 0.29) is 0 Å². The number of nitrogens with zero attached hydrogens (tertiary/aromatic N) is 2. The molecule has 1 aliphatic heterocycles. The number of pyridine rings is 1. The minimum absolute atomic E-state index is 0.360. The topological polar surface area (TPSA) is 73.2 Å². The molecule has 6 aromatic heterocycles. The molecule has 0 unspecified atom stereocenters. The molecule has 0 bridgehead atoms. The minimum atomic E-state index is 0.360. The van der Waals surface area contributed by atoms with Gasteiger partial charge in [0.1, 0.15) is 0 Å². The summed E-state index contributed by atoms with van der Waals surface area (Å²) in [5, 5.41) is 11.6. The lowest BCUT2D eigenvalue weighted by Crippen LogP contribution is -1.93. The van der Waals surface area contributed by atoms with Crippen molar-refractivity contribution < 1.29 is 13.9 Å². The summed E-state index contributed by atoms with van der Waals surface area (Å²) in [6, 6.07) is 35.6. The molecule has 9 heteroatoms. The Labute approximate surface area is 499 Å². The third kappa shape index (κ3) is 122. The number of hydrogen-bond acceptors (Lipinski definition) is 8. The van der Waals surface area contributed by atoms with Crippen LogP contribution in [0.15, 0.2) is 184 Å². The Hall–Kier alpha value is -4.96. The number of hydrogen-bond donors (Lipinski definition) is 1. The molecule has 0 spiro atoms. The molecule has 6 nitrogen and oxygen atoms in total. The Morgan fingerprint density at radius 2 is 0.696 bits per heavy atom. The number of ether oxygens (including phenoxy) is 2. The average molecular weight is 1140 g/mol. The van der Waals surface area contributed by atoms with Crippen molar-refractivity contribution in [3.8, 4) is 11.5 Å². The van der Waals surface area contributed by atoms with Gasteiger partial charge in [0.05, 0.1) is 18.9 Å². The molecule has 0 amide bonds. The Morgan fingerprint density at radius 3 is 0.911 bits per heavy atom. The molecule has 79 heavy (non-hydrogen) atoms. The van der Waals surface area contributed by atoms with E-state index in [1.165, 1.54) is 10.1 Å². The Kier molecular flexibility index (Phi) is 50.2. The Bertz CT molecular complexity index is 1890. The number of thiophene rings is 3. The number of nitrogens with one attached hydrogen (secondary N) is 1. The summed E-state index contributed by atoms with van der Waals surface area (Å²) in [5.41, 5.74) is 3.50. The lowest BCUT2D eigenvalue weighted by molar-refractivity contribution is 0.174. The van der Waals surface area contributed by atoms with E-state index in [1.54, 1.807) is 77.7 Å². The van der Waals surface area contributed by atoms with Crippen LogP contribution in [0.4, 0.5) is 0 Å². The summed E-state index contributed by atoms with van der Waals surface area (Å²) in [7, 11) is 0. The zero-order chi connectivity index (χ0) is 62.1. The van der Waals surface area contributed by atoms with Crippen molar-refractivity contribution in [3.05, 3.63) is 180 Å². The van der Waals surface area contributed by atoms with Crippen LogP contribution in [-0.4, -0.2) is 21.7 Å². The van der Waals surface area contributed by atoms with Crippen molar-refractivity contribution >= 4 is 44.1 Å². The number of imidazole rings is 1. The van der Waals surface area contributed by atoms with E-state index in [0.29, 0.717) is 44.7 Å². The van der Waals surface area contributed by atoms with Crippen molar-refractivity contribution in [1.29, 1.82) is 0 Å².